The van der Waals surface area contributed by atoms with E-state index in [0.29, 0.717) is 18.6 Å². The number of rotatable bonds is 1. The lowest BCUT2D eigenvalue weighted by Gasteiger charge is -2.34. The van der Waals surface area contributed by atoms with Gasteiger partial charge in [-0.05, 0) is 18.6 Å². The van der Waals surface area contributed by atoms with Crippen LogP contribution in [0, 0.1) is 0 Å². The molecule has 0 saturated heterocycles. The van der Waals surface area contributed by atoms with Crippen molar-refractivity contribution in [3.8, 4) is 5.75 Å². The van der Waals surface area contributed by atoms with Crippen LogP contribution in [0.1, 0.15) is 18.9 Å². The Hall–Kier alpha value is -1.81. The molecule has 1 unspecified atom stereocenters. The average molecular weight is 259 g/mol. The molecule has 0 saturated carbocycles. The molecule has 4 heteroatoms. The topological polar surface area (TPSA) is 40.5 Å². The lowest BCUT2D eigenvalue weighted by atomic mass is 9.99. The van der Waals surface area contributed by atoms with E-state index in [0.717, 1.165) is 16.5 Å². The van der Waals surface area contributed by atoms with E-state index in [4.69, 9.17) is 9.47 Å². The van der Waals surface area contributed by atoms with E-state index in [-0.39, 0.29) is 5.56 Å². The van der Waals surface area contributed by atoms with E-state index in [1.165, 1.54) is 0 Å². The third-order valence-electron chi connectivity index (χ3n) is 3.93. The molecule has 2 heterocycles. The number of methoxy groups -OCH3 is 1. The first kappa shape index (κ1) is 12.2. The van der Waals surface area contributed by atoms with Gasteiger partial charge >= 0.3 is 0 Å². The normalized spacial score (nSPS) is 22.1. The minimum Gasteiger partial charge on any atom is -0.461 e. The van der Waals surface area contributed by atoms with Crippen molar-refractivity contribution in [1.82, 2.24) is 4.57 Å². The lowest BCUT2D eigenvalue weighted by molar-refractivity contribution is -0.159. The van der Waals surface area contributed by atoms with E-state index >= 15 is 0 Å². The van der Waals surface area contributed by atoms with E-state index in [1.54, 1.807) is 18.7 Å². The summed E-state index contributed by atoms with van der Waals surface area (Å²) in [4.78, 5) is 12.4. The second kappa shape index (κ2) is 4.10. The van der Waals surface area contributed by atoms with Crippen LogP contribution in [0.4, 0.5) is 0 Å². The predicted molar refractivity (Wildman–Crippen MR) is 73.6 cm³/mol. The summed E-state index contributed by atoms with van der Waals surface area (Å²) in [6.45, 7) is 1.90. The van der Waals surface area contributed by atoms with E-state index in [9.17, 15) is 4.79 Å². The van der Waals surface area contributed by atoms with Crippen molar-refractivity contribution in [3.05, 3.63) is 40.2 Å². The largest absolute Gasteiger partial charge is 0.461 e. The summed E-state index contributed by atoms with van der Waals surface area (Å²) in [5.74, 6) is 0.0246. The third-order valence-corrected chi connectivity index (χ3v) is 3.93. The van der Waals surface area contributed by atoms with Crippen LogP contribution < -0.4 is 10.3 Å². The van der Waals surface area contributed by atoms with Crippen LogP contribution in [0.15, 0.2) is 29.1 Å². The molecule has 0 radical (unpaired) electrons. The van der Waals surface area contributed by atoms with Gasteiger partial charge in [0.1, 0.15) is 5.75 Å². The molecule has 0 N–H and O–H groups in total. The summed E-state index contributed by atoms with van der Waals surface area (Å²) in [7, 11) is 3.43. The number of nitrogens with zero attached hydrogens (tertiary/aromatic N) is 1. The molecule has 0 spiro atoms. The van der Waals surface area contributed by atoms with Crippen molar-refractivity contribution in [2.45, 2.75) is 25.6 Å². The first-order chi connectivity index (χ1) is 9.06. The van der Waals surface area contributed by atoms with Crippen molar-refractivity contribution in [3.63, 3.8) is 0 Å². The smallest absolute Gasteiger partial charge is 0.257 e. The van der Waals surface area contributed by atoms with Gasteiger partial charge in [-0.1, -0.05) is 12.1 Å². The molecule has 0 amide bonds. The average Bonchev–Trinajstić information content (AvgIpc) is 2.45. The number of aromatic nitrogens is 1. The standard InChI is InChI=1S/C15H17NO3/c1-15(18-3)9-8-11-13(19-15)10-6-4-5-7-12(10)16(2)14(11)17/h4-7H,8-9H2,1-3H3. The summed E-state index contributed by atoms with van der Waals surface area (Å²) in [6.07, 6.45) is 1.36. The Morgan fingerprint density at radius 3 is 2.84 bits per heavy atom. The van der Waals surface area contributed by atoms with Crippen LogP contribution in [0.25, 0.3) is 10.9 Å². The van der Waals surface area contributed by atoms with Crippen molar-refractivity contribution < 1.29 is 9.47 Å². The zero-order valence-corrected chi connectivity index (χ0v) is 11.4. The van der Waals surface area contributed by atoms with Crippen molar-refractivity contribution in [2.24, 2.45) is 7.05 Å². The fourth-order valence-corrected chi connectivity index (χ4v) is 2.63. The van der Waals surface area contributed by atoms with Crippen LogP contribution in [0.5, 0.6) is 5.75 Å². The number of para-hydroxylation sites is 1. The fraction of sp³-hybridized carbons (Fsp3) is 0.400. The zero-order chi connectivity index (χ0) is 13.6. The van der Waals surface area contributed by atoms with Crippen LogP contribution in [-0.2, 0) is 18.2 Å². The summed E-state index contributed by atoms with van der Waals surface area (Å²) >= 11 is 0. The van der Waals surface area contributed by atoms with Gasteiger partial charge in [0.15, 0.2) is 0 Å². The molecule has 19 heavy (non-hydrogen) atoms. The highest BCUT2D eigenvalue weighted by Gasteiger charge is 2.34. The number of hydrogen-bond acceptors (Lipinski definition) is 3. The Balaban J connectivity index is 2.34. The Bertz CT molecular complexity index is 704. The van der Waals surface area contributed by atoms with Crippen molar-refractivity contribution in [2.75, 3.05) is 7.11 Å². The zero-order valence-electron chi connectivity index (χ0n) is 11.4. The van der Waals surface area contributed by atoms with E-state index in [1.807, 2.05) is 31.2 Å². The molecule has 1 aliphatic rings. The fourth-order valence-electron chi connectivity index (χ4n) is 2.63. The third kappa shape index (κ3) is 1.75. The van der Waals surface area contributed by atoms with Crippen LogP contribution in [0.2, 0.25) is 0 Å². The minimum absolute atomic E-state index is 0.0202. The van der Waals surface area contributed by atoms with E-state index in [2.05, 4.69) is 0 Å². The number of benzene rings is 1. The monoisotopic (exact) mass is 259 g/mol. The van der Waals surface area contributed by atoms with Gasteiger partial charge in [-0.3, -0.25) is 4.79 Å². The molecule has 0 aliphatic carbocycles. The molecular weight excluding hydrogens is 242 g/mol. The lowest BCUT2D eigenvalue weighted by Crippen LogP contribution is -2.40. The number of pyridine rings is 1. The maximum atomic E-state index is 12.4. The summed E-state index contributed by atoms with van der Waals surface area (Å²) < 4.78 is 13.1. The second-order valence-corrected chi connectivity index (χ2v) is 5.13. The quantitative estimate of drug-likeness (QED) is 0.788. The Labute approximate surface area is 111 Å². The first-order valence-corrected chi connectivity index (χ1v) is 6.40. The summed E-state index contributed by atoms with van der Waals surface area (Å²) in [5.41, 5.74) is 1.65. The summed E-state index contributed by atoms with van der Waals surface area (Å²) in [6, 6.07) is 7.79. The highest BCUT2D eigenvalue weighted by molar-refractivity contribution is 5.86. The maximum absolute atomic E-state index is 12.4. The van der Waals surface area contributed by atoms with Gasteiger partial charge in [-0.25, -0.2) is 0 Å². The molecule has 1 atom stereocenters. The Kier molecular flexibility index (Phi) is 2.64. The molecule has 100 valence electrons. The van der Waals surface area contributed by atoms with Crippen LogP contribution >= 0.6 is 0 Å². The van der Waals surface area contributed by atoms with Gasteiger partial charge in [-0.2, -0.15) is 0 Å². The highest BCUT2D eigenvalue weighted by Crippen LogP contribution is 2.36. The van der Waals surface area contributed by atoms with Gasteiger partial charge < -0.3 is 14.0 Å². The molecule has 4 nitrogen and oxygen atoms in total. The molecule has 3 rings (SSSR count). The molecule has 1 aromatic heterocycles. The van der Waals surface area contributed by atoms with Crippen LogP contribution in [0.3, 0.4) is 0 Å². The second-order valence-electron chi connectivity index (χ2n) is 5.13. The first-order valence-electron chi connectivity index (χ1n) is 6.40. The molecular formula is C15H17NO3. The molecule has 0 bridgehead atoms. The molecule has 1 aromatic carbocycles. The van der Waals surface area contributed by atoms with Gasteiger partial charge in [0, 0.05) is 32.9 Å². The summed E-state index contributed by atoms with van der Waals surface area (Å²) in [5, 5.41) is 0.961. The number of ether oxygens (including phenoxy) is 2. The minimum atomic E-state index is -0.651. The number of hydrogen-bond donors (Lipinski definition) is 0. The Morgan fingerprint density at radius 2 is 2.11 bits per heavy atom. The maximum Gasteiger partial charge on any atom is 0.257 e. The van der Waals surface area contributed by atoms with Gasteiger partial charge in [-0.15, -0.1) is 0 Å². The molecule has 1 aliphatic heterocycles. The highest BCUT2D eigenvalue weighted by atomic mass is 16.7. The number of fused-ring (bicyclic) bond motifs is 3. The van der Waals surface area contributed by atoms with Crippen molar-refractivity contribution >= 4 is 10.9 Å². The van der Waals surface area contributed by atoms with Gasteiger partial charge in [0.05, 0.1) is 11.1 Å². The van der Waals surface area contributed by atoms with Crippen molar-refractivity contribution in [1.29, 1.82) is 0 Å². The SMILES string of the molecule is COC1(C)CCc2c(c3ccccc3n(C)c2=O)O1. The van der Waals surface area contributed by atoms with Gasteiger partial charge in [0.2, 0.25) is 5.79 Å². The number of aryl methyl sites for hydroxylation is 1. The molecule has 2 aromatic rings. The van der Waals surface area contributed by atoms with E-state index < -0.39 is 5.79 Å². The van der Waals surface area contributed by atoms with Gasteiger partial charge in [0.25, 0.3) is 5.56 Å². The predicted octanol–water partition coefficient (Wildman–Crippen LogP) is 2.23. The van der Waals surface area contributed by atoms with Crippen LogP contribution in [-0.4, -0.2) is 17.5 Å². The Morgan fingerprint density at radius 1 is 1.37 bits per heavy atom. The molecule has 0 fully saturated rings.